The molecule has 0 radical (unpaired) electrons. The van der Waals surface area contributed by atoms with E-state index in [1.54, 1.807) is 28.3 Å². The number of aromatic nitrogens is 1. The maximum Gasteiger partial charge on any atom is 0.324 e. The van der Waals surface area contributed by atoms with Crippen molar-refractivity contribution in [3.8, 4) is 0 Å². The molecule has 184 valence electrons. The van der Waals surface area contributed by atoms with Crippen molar-refractivity contribution in [2.24, 2.45) is 10.9 Å². The summed E-state index contributed by atoms with van der Waals surface area (Å²) in [7, 11) is 0. The summed E-state index contributed by atoms with van der Waals surface area (Å²) in [6.07, 6.45) is 8.47. The Morgan fingerprint density at radius 3 is 2.71 bits per heavy atom. The van der Waals surface area contributed by atoms with Crippen LogP contribution in [0, 0.1) is 5.92 Å². The summed E-state index contributed by atoms with van der Waals surface area (Å²) in [5, 5.41) is 7.99. The number of hydrogen-bond acceptors (Lipinski definition) is 6. The fraction of sp³-hybridized carbons (Fsp3) is 0.478. The Morgan fingerprint density at radius 1 is 1.21 bits per heavy atom. The predicted molar refractivity (Wildman–Crippen MR) is 133 cm³/mol. The Bertz CT molecular complexity index is 1090. The van der Waals surface area contributed by atoms with Gasteiger partial charge < -0.3 is 15.4 Å². The van der Waals surface area contributed by atoms with Gasteiger partial charge in [-0.2, -0.15) is 4.99 Å². The van der Waals surface area contributed by atoms with E-state index in [9.17, 15) is 14.4 Å². The number of thiazole rings is 1. The second kappa shape index (κ2) is 12.5. The SMILES string of the molecule is Cl.O=C(CC1CCCC1)Nc1ccc(C(=O)N=c2sccn2COC(=O)C2CCCN2)cc1Cl. The molecule has 2 fully saturated rings. The van der Waals surface area contributed by atoms with Gasteiger partial charge in [-0.3, -0.25) is 19.0 Å². The number of esters is 1. The molecule has 1 aliphatic heterocycles. The number of hydrogen-bond donors (Lipinski definition) is 2. The van der Waals surface area contributed by atoms with Gasteiger partial charge in [-0.05, 0) is 56.3 Å². The van der Waals surface area contributed by atoms with Crippen molar-refractivity contribution in [3.63, 3.8) is 0 Å². The number of benzene rings is 1. The van der Waals surface area contributed by atoms with E-state index in [4.69, 9.17) is 16.3 Å². The normalized spacial score (nSPS) is 18.5. The number of nitrogens with one attached hydrogen (secondary N) is 2. The number of anilines is 1. The minimum atomic E-state index is -0.472. The van der Waals surface area contributed by atoms with Gasteiger partial charge in [-0.25, -0.2) is 0 Å². The van der Waals surface area contributed by atoms with Gasteiger partial charge in [0, 0.05) is 23.6 Å². The largest absolute Gasteiger partial charge is 0.443 e. The van der Waals surface area contributed by atoms with Crippen LogP contribution in [-0.4, -0.2) is 34.9 Å². The number of nitrogens with zero attached hydrogens (tertiary/aromatic N) is 2. The molecule has 1 aliphatic carbocycles. The van der Waals surface area contributed by atoms with Crippen LogP contribution in [0.15, 0.2) is 34.8 Å². The highest BCUT2D eigenvalue weighted by Gasteiger charge is 2.23. The lowest BCUT2D eigenvalue weighted by Gasteiger charge is -2.11. The molecular formula is C23H28Cl2N4O4S. The first-order valence-electron chi connectivity index (χ1n) is 11.2. The molecule has 0 spiro atoms. The molecule has 2 aliphatic rings. The summed E-state index contributed by atoms with van der Waals surface area (Å²) in [6.45, 7) is 0.797. The van der Waals surface area contributed by atoms with Crippen molar-refractivity contribution in [1.82, 2.24) is 9.88 Å². The van der Waals surface area contributed by atoms with E-state index in [1.807, 2.05) is 0 Å². The topological polar surface area (TPSA) is 102 Å². The Morgan fingerprint density at radius 2 is 2.00 bits per heavy atom. The lowest BCUT2D eigenvalue weighted by Crippen LogP contribution is -2.33. The van der Waals surface area contributed by atoms with Gasteiger partial charge >= 0.3 is 5.97 Å². The van der Waals surface area contributed by atoms with Crippen molar-refractivity contribution < 1.29 is 19.1 Å². The highest BCUT2D eigenvalue weighted by atomic mass is 35.5. The minimum absolute atomic E-state index is 0. The van der Waals surface area contributed by atoms with Gasteiger partial charge in [-0.1, -0.05) is 24.4 Å². The van der Waals surface area contributed by atoms with Crippen molar-refractivity contribution in [1.29, 1.82) is 0 Å². The first-order chi connectivity index (χ1) is 16.0. The molecule has 2 heterocycles. The molecule has 0 bridgehead atoms. The van der Waals surface area contributed by atoms with Crippen LogP contribution in [0.3, 0.4) is 0 Å². The van der Waals surface area contributed by atoms with Gasteiger partial charge in [0.2, 0.25) is 5.91 Å². The summed E-state index contributed by atoms with van der Waals surface area (Å²) in [4.78, 5) is 41.6. The minimum Gasteiger partial charge on any atom is -0.443 e. The van der Waals surface area contributed by atoms with E-state index in [0.29, 0.717) is 28.4 Å². The van der Waals surface area contributed by atoms with E-state index in [0.717, 1.165) is 32.2 Å². The Balaban J connectivity index is 0.00000324. The Kier molecular flexibility index (Phi) is 9.70. The first-order valence-corrected chi connectivity index (χ1v) is 12.5. The van der Waals surface area contributed by atoms with Crippen LogP contribution >= 0.6 is 35.3 Å². The van der Waals surface area contributed by atoms with E-state index in [2.05, 4.69) is 15.6 Å². The molecule has 8 nitrogen and oxygen atoms in total. The lowest BCUT2D eigenvalue weighted by molar-refractivity contribution is -0.149. The smallest absolute Gasteiger partial charge is 0.324 e. The van der Waals surface area contributed by atoms with Crippen molar-refractivity contribution in [3.05, 3.63) is 45.2 Å². The zero-order valence-electron chi connectivity index (χ0n) is 18.6. The number of carbonyl (C=O) groups excluding carboxylic acids is 3. The monoisotopic (exact) mass is 526 g/mol. The quantitative estimate of drug-likeness (QED) is 0.528. The highest BCUT2D eigenvalue weighted by Crippen LogP contribution is 2.29. The molecule has 1 unspecified atom stereocenters. The van der Waals surface area contributed by atoms with Crippen LogP contribution in [0.5, 0.6) is 0 Å². The number of halogens is 2. The molecule has 4 rings (SSSR count). The van der Waals surface area contributed by atoms with Crippen molar-refractivity contribution >= 4 is 58.8 Å². The fourth-order valence-electron chi connectivity index (χ4n) is 4.18. The Hall–Kier alpha value is -2.20. The van der Waals surface area contributed by atoms with Crippen molar-refractivity contribution in [2.45, 2.75) is 57.7 Å². The fourth-order valence-corrected chi connectivity index (χ4v) is 5.13. The molecule has 11 heteroatoms. The molecule has 1 saturated carbocycles. The van der Waals surface area contributed by atoms with Gasteiger partial charge in [0.1, 0.15) is 6.04 Å². The van der Waals surface area contributed by atoms with Crippen LogP contribution in [0.2, 0.25) is 5.02 Å². The molecule has 2 aromatic rings. The van der Waals surface area contributed by atoms with E-state index < -0.39 is 5.91 Å². The zero-order chi connectivity index (χ0) is 23.2. The molecule has 1 aromatic carbocycles. The third-order valence-electron chi connectivity index (χ3n) is 5.99. The molecule has 1 atom stereocenters. The standard InChI is InChI=1S/C23H27ClN4O4S.ClH/c24-17-13-16(7-8-18(17)26-20(29)12-15-4-1-2-5-15)21(30)27-23-28(10-11-33-23)14-32-22(31)19-6-3-9-25-19;/h7-8,10-11,13,15,19,25H,1-6,9,12,14H2,(H,26,29);1H. The van der Waals surface area contributed by atoms with Gasteiger partial charge in [0.05, 0.1) is 10.7 Å². The highest BCUT2D eigenvalue weighted by molar-refractivity contribution is 7.07. The van der Waals surface area contributed by atoms with E-state index >= 15 is 0 Å². The maximum absolute atomic E-state index is 12.7. The number of amides is 2. The van der Waals surface area contributed by atoms with E-state index in [-0.39, 0.29) is 42.1 Å². The van der Waals surface area contributed by atoms with Crippen LogP contribution in [-0.2, 0) is 21.1 Å². The third kappa shape index (κ3) is 6.91. The number of ether oxygens (including phenoxy) is 1. The first kappa shape index (κ1) is 26.4. The van der Waals surface area contributed by atoms with E-state index in [1.165, 1.54) is 30.2 Å². The summed E-state index contributed by atoms with van der Waals surface area (Å²) in [5.41, 5.74) is 0.788. The van der Waals surface area contributed by atoms with Crippen LogP contribution in [0.25, 0.3) is 0 Å². The van der Waals surface area contributed by atoms with Gasteiger partial charge in [-0.15, -0.1) is 23.7 Å². The lowest BCUT2D eigenvalue weighted by atomic mass is 10.0. The third-order valence-corrected chi connectivity index (χ3v) is 7.09. The second-order valence-electron chi connectivity index (χ2n) is 8.41. The number of rotatable bonds is 7. The van der Waals surface area contributed by atoms with Crippen LogP contribution in [0.1, 0.15) is 55.3 Å². The Labute approximate surface area is 213 Å². The molecule has 2 N–H and O–H groups in total. The molecule has 1 saturated heterocycles. The summed E-state index contributed by atoms with van der Waals surface area (Å²) < 4.78 is 6.96. The summed E-state index contributed by atoms with van der Waals surface area (Å²) in [6, 6.07) is 4.44. The molecular weight excluding hydrogens is 499 g/mol. The maximum atomic E-state index is 12.7. The van der Waals surface area contributed by atoms with Gasteiger partial charge in [0.25, 0.3) is 5.91 Å². The van der Waals surface area contributed by atoms with Gasteiger partial charge in [0.15, 0.2) is 11.5 Å². The molecule has 1 aromatic heterocycles. The average molecular weight is 527 g/mol. The average Bonchev–Trinajstić information content (AvgIpc) is 3.57. The zero-order valence-corrected chi connectivity index (χ0v) is 21.0. The second-order valence-corrected chi connectivity index (χ2v) is 9.69. The molecule has 2 amide bonds. The van der Waals surface area contributed by atoms with Crippen LogP contribution in [0.4, 0.5) is 5.69 Å². The number of carbonyl (C=O) groups is 3. The predicted octanol–water partition coefficient (Wildman–Crippen LogP) is 4.14. The van der Waals surface area contributed by atoms with Crippen LogP contribution < -0.4 is 15.4 Å². The summed E-state index contributed by atoms with van der Waals surface area (Å²) >= 11 is 7.59. The van der Waals surface area contributed by atoms with Crippen molar-refractivity contribution in [2.75, 3.05) is 11.9 Å². The molecule has 34 heavy (non-hydrogen) atoms. The summed E-state index contributed by atoms with van der Waals surface area (Å²) in [5.74, 6) is -0.397.